The molecule has 1 aromatic rings. The molecule has 1 N–H and O–H groups in total. The Labute approximate surface area is 58.7 Å². The molecular weight excluding hydrogens is 130 g/mol. The van der Waals surface area contributed by atoms with Gasteiger partial charge in [-0.2, -0.15) is 0 Å². The van der Waals surface area contributed by atoms with Gasteiger partial charge in [-0.1, -0.05) is 0 Å². The summed E-state index contributed by atoms with van der Waals surface area (Å²) in [4.78, 5) is 3.76. The Balaban J connectivity index is 2.04. The maximum Gasteiger partial charge on any atom is 0.180 e. The summed E-state index contributed by atoms with van der Waals surface area (Å²) in [6, 6.07) is 0. The van der Waals surface area contributed by atoms with Crippen LogP contribution in [0.25, 0.3) is 0 Å². The zero-order valence-electron chi connectivity index (χ0n) is 5.58. The summed E-state index contributed by atoms with van der Waals surface area (Å²) in [6.07, 6.45) is 5.45. The van der Waals surface area contributed by atoms with Gasteiger partial charge in [0, 0.05) is 6.42 Å². The average molecular weight is 139 g/mol. The second-order valence-electron chi connectivity index (χ2n) is 2.87. The van der Waals surface area contributed by atoms with E-state index in [9.17, 15) is 5.11 Å². The largest absolute Gasteiger partial charge is 0.448 e. The van der Waals surface area contributed by atoms with Gasteiger partial charge in [-0.05, 0) is 12.8 Å². The molecule has 1 saturated carbocycles. The fraction of sp³-hybridized carbons (Fsp3) is 0.571. The van der Waals surface area contributed by atoms with Gasteiger partial charge < -0.3 is 9.52 Å². The molecule has 1 heterocycles. The van der Waals surface area contributed by atoms with Crippen LogP contribution >= 0.6 is 0 Å². The molecule has 1 aliphatic carbocycles. The number of aromatic nitrogens is 1. The molecule has 1 aromatic heterocycles. The van der Waals surface area contributed by atoms with Gasteiger partial charge in [-0.15, -0.1) is 0 Å². The van der Waals surface area contributed by atoms with Crippen molar-refractivity contribution in [2.75, 3.05) is 0 Å². The Bertz CT molecular complexity index is 214. The van der Waals surface area contributed by atoms with Crippen molar-refractivity contribution < 1.29 is 9.52 Å². The molecule has 0 spiro atoms. The van der Waals surface area contributed by atoms with Crippen LogP contribution in [0.4, 0.5) is 0 Å². The number of hydrogen-bond donors (Lipinski definition) is 1. The predicted octanol–water partition coefficient (Wildman–Crippen LogP) is 0.742. The standard InChI is InChI=1S/C7H9NO2/c9-7(1-2-7)3-6-4-8-5-10-6/h4-5,9H,1-3H2. The van der Waals surface area contributed by atoms with Crippen LogP contribution in [0.15, 0.2) is 17.0 Å². The van der Waals surface area contributed by atoms with Gasteiger partial charge in [0.2, 0.25) is 0 Å². The molecule has 0 aliphatic heterocycles. The summed E-state index contributed by atoms with van der Waals surface area (Å²) in [7, 11) is 0. The number of aliphatic hydroxyl groups is 1. The molecule has 3 nitrogen and oxygen atoms in total. The first-order valence-corrected chi connectivity index (χ1v) is 3.38. The molecule has 2 rings (SSSR count). The van der Waals surface area contributed by atoms with E-state index in [1.54, 1.807) is 6.20 Å². The normalized spacial score (nSPS) is 20.9. The summed E-state index contributed by atoms with van der Waals surface area (Å²) < 4.78 is 4.98. The Morgan fingerprint density at radius 2 is 2.50 bits per heavy atom. The van der Waals surface area contributed by atoms with E-state index in [2.05, 4.69) is 4.98 Å². The summed E-state index contributed by atoms with van der Waals surface area (Å²) in [5.41, 5.74) is -0.459. The third-order valence-electron chi connectivity index (χ3n) is 1.81. The fourth-order valence-electron chi connectivity index (χ4n) is 0.975. The van der Waals surface area contributed by atoms with E-state index < -0.39 is 5.60 Å². The van der Waals surface area contributed by atoms with Crippen LogP contribution in [-0.2, 0) is 6.42 Å². The van der Waals surface area contributed by atoms with Gasteiger partial charge in [0.15, 0.2) is 6.39 Å². The molecule has 0 radical (unpaired) electrons. The summed E-state index contributed by atoms with van der Waals surface area (Å²) in [5, 5.41) is 9.41. The minimum atomic E-state index is -0.459. The van der Waals surface area contributed by atoms with Gasteiger partial charge in [-0.25, -0.2) is 4.98 Å². The van der Waals surface area contributed by atoms with E-state index in [1.165, 1.54) is 6.39 Å². The molecule has 0 unspecified atom stereocenters. The van der Waals surface area contributed by atoms with Crippen molar-refractivity contribution in [1.82, 2.24) is 4.98 Å². The predicted molar refractivity (Wildman–Crippen MR) is 34.4 cm³/mol. The van der Waals surface area contributed by atoms with Crippen molar-refractivity contribution in [2.45, 2.75) is 24.9 Å². The van der Waals surface area contributed by atoms with Crippen LogP contribution in [0.2, 0.25) is 0 Å². The van der Waals surface area contributed by atoms with E-state index >= 15 is 0 Å². The molecular formula is C7H9NO2. The third kappa shape index (κ3) is 1.04. The van der Waals surface area contributed by atoms with Crippen molar-refractivity contribution >= 4 is 0 Å². The molecule has 0 amide bonds. The van der Waals surface area contributed by atoms with Crippen molar-refractivity contribution in [3.63, 3.8) is 0 Å². The van der Waals surface area contributed by atoms with Crippen LogP contribution in [-0.4, -0.2) is 15.7 Å². The number of oxazole rings is 1. The van der Waals surface area contributed by atoms with Gasteiger partial charge in [-0.3, -0.25) is 0 Å². The Kier molecular flexibility index (Phi) is 1.08. The van der Waals surface area contributed by atoms with Crippen LogP contribution in [0.1, 0.15) is 18.6 Å². The fourth-order valence-corrected chi connectivity index (χ4v) is 0.975. The summed E-state index contributed by atoms with van der Waals surface area (Å²) in [5.74, 6) is 0.778. The number of hydrogen-bond acceptors (Lipinski definition) is 3. The molecule has 0 aromatic carbocycles. The monoisotopic (exact) mass is 139 g/mol. The minimum Gasteiger partial charge on any atom is -0.448 e. The molecule has 54 valence electrons. The van der Waals surface area contributed by atoms with Crippen LogP contribution in [0, 0.1) is 0 Å². The first-order valence-electron chi connectivity index (χ1n) is 3.38. The lowest BCUT2D eigenvalue weighted by Gasteiger charge is -2.01. The molecule has 0 bridgehead atoms. The van der Waals surface area contributed by atoms with Crippen LogP contribution in [0.5, 0.6) is 0 Å². The lowest BCUT2D eigenvalue weighted by molar-refractivity contribution is 0.143. The number of nitrogens with zero attached hydrogens (tertiary/aromatic N) is 1. The maximum atomic E-state index is 9.41. The van der Waals surface area contributed by atoms with E-state index in [1.807, 2.05) is 0 Å². The van der Waals surface area contributed by atoms with Crippen molar-refractivity contribution in [3.05, 3.63) is 18.4 Å². The highest BCUT2D eigenvalue weighted by molar-refractivity contribution is 5.04. The molecule has 1 fully saturated rings. The Morgan fingerprint density at radius 3 is 3.00 bits per heavy atom. The highest BCUT2D eigenvalue weighted by Gasteiger charge is 2.41. The van der Waals surface area contributed by atoms with Crippen molar-refractivity contribution in [1.29, 1.82) is 0 Å². The second kappa shape index (κ2) is 1.83. The van der Waals surface area contributed by atoms with E-state index in [0.29, 0.717) is 6.42 Å². The van der Waals surface area contributed by atoms with E-state index in [4.69, 9.17) is 4.42 Å². The molecule has 1 aliphatic rings. The smallest absolute Gasteiger partial charge is 0.180 e. The van der Waals surface area contributed by atoms with Crippen LogP contribution < -0.4 is 0 Å². The van der Waals surface area contributed by atoms with Gasteiger partial charge in [0.1, 0.15) is 5.76 Å². The molecule has 0 saturated heterocycles. The Morgan fingerprint density at radius 1 is 1.70 bits per heavy atom. The van der Waals surface area contributed by atoms with Crippen molar-refractivity contribution in [2.24, 2.45) is 0 Å². The lowest BCUT2D eigenvalue weighted by Crippen LogP contribution is -2.09. The lowest BCUT2D eigenvalue weighted by atomic mass is 10.2. The highest BCUT2D eigenvalue weighted by atomic mass is 16.3. The SMILES string of the molecule is OC1(Cc2cnco2)CC1. The topological polar surface area (TPSA) is 46.3 Å². The summed E-state index contributed by atoms with van der Waals surface area (Å²) >= 11 is 0. The maximum absolute atomic E-state index is 9.41. The van der Waals surface area contributed by atoms with Gasteiger partial charge >= 0.3 is 0 Å². The highest BCUT2D eigenvalue weighted by Crippen LogP contribution is 2.37. The average Bonchev–Trinajstić information content (AvgIpc) is 2.47. The number of rotatable bonds is 2. The zero-order valence-corrected chi connectivity index (χ0v) is 5.58. The zero-order chi connectivity index (χ0) is 7.03. The molecule has 3 heteroatoms. The molecule has 10 heavy (non-hydrogen) atoms. The Hall–Kier alpha value is -0.830. The quantitative estimate of drug-likeness (QED) is 0.657. The minimum absolute atomic E-state index is 0.459. The van der Waals surface area contributed by atoms with E-state index in [0.717, 1.165) is 18.6 Å². The first kappa shape index (κ1) is 5.92. The van der Waals surface area contributed by atoms with Crippen molar-refractivity contribution in [3.8, 4) is 0 Å². The summed E-state index contributed by atoms with van der Waals surface area (Å²) in [6.45, 7) is 0. The second-order valence-corrected chi connectivity index (χ2v) is 2.87. The van der Waals surface area contributed by atoms with Gasteiger partial charge in [0.25, 0.3) is 0 Å². The van der Waals surface area contributed by atoms with Crippen LogP contribution in [0.3, 0.4) is 0 Å². The third-order valence-corrected chi connectivity index (χ3v) is 1.81. The van der Waals surface area contributed by atoms with Gasteiger partial charge in [0.05, 0.1) is 11.8 Å². The first-order chi connectivity index (χ1) is 4.79. The van der Waals surface area contributed by atoms with E-state index in [-0.39, 0.29) is 0 Å². The molecule has 0 atom stereocenters.